The quantitative estimate of drug-likeness (QED) is 0.747. The van der Waals surface area contributed by atoms with Crippen molar-refractivity contribution in [1.82, 2.24) is 0 Å². The summed E-state index contributed by atoms with van der Waals surface area (Å²) >= 11 is 0. The van der Waals surface area contributed by atoms with Gasteiger partial charge in [-0.15, -0.1) is 0 Å². The van der Waals surface area contributed by atoms with Crippen molar-refractivity contribution in [3.8, 4) is 11.5 Å². The fourth-order valence-electron chi connectivity index (χ4n) is 2.63. The first-order chi connectivity index (χ1) is 12.8. The van der Waals surface area contributed by atoms with Crippen LogP contribution in [0, 0.1) is 0 Å². The SMILES string of the molecule is CCOc1cccc(NC(=O)C(C)N(c2cccc(OC)c2)S(C)(=O)=O)c1. The highest BCUT2D eigenvalue weighted by molar-refractivity contribution is 7.92. The molecule has 0 saturated heterocycles. The Kier molecular flexibility index (Phi) is 6.68. The van der Waals surface area contributed by atoms with Crippen LogP contribution in [-0.2, 0) is 14.8 Å². The Morgan fingerprint density at radius 3 is 2.44 bits per heavy atom. The van der Waals surface area contributed by atoms with Gasteiger partial charge in [-0.05, 0) is 38.1 Å². The number of methoxy groups -OCH3 is 1. The predicted molar refractivity (Wildman–Crippen MR) is 106 cm³/mol. The molecule has 1 amide bonds. The third kappa shape index (κ3) is 5.37. The van der Waals surface area contributed by atoms with E-state index in [2.05, 4.69) is 5.32 Å². The van der Waals surface area contributed by atoms with Gasteiger partial charge in [0.2, 0.25) is 15.9 Å². The Labute approximate surface area is 160 Å². The number of carbonyl (C=O) groups excluding carboxylic acids is 1. The molecule has 0 aromatic heterocycles. The Hall–Kier alpha value is -2.74. The molecule has 2 aromatic rings. The summed E-state index contributed by atoms with van der Waals surface area (Å²) in [6.07, 6.45) is 1.06. The highest BCUT2D eigenvalue weighted by Crippen LogP contribution is 2.26. The summed E-state index contributed by atoms with van der Waals surface area (Å²) < 4.78 is 36.3. The molecule has 0 spiro atoms. The number of sulfonamides is 1. The summed E-state index contributed by atoms with van der Waals surface area (Å²) in [5, 5.41) is 2.74. The summed E-state index contributed by atoms with van der Waals surface area (Å²) in [5.74, 6) is 0.658. The van der Waals surface area contributed by atoms with Crippen LogP contribution in [0.25, 0.3) is 0 Å². The minimum Gasteiger partial charge on any atom is -0.497 e. The van der Waals surface area contributed by atoms with Crippen LogP contribution in [-0.4, -0.2) is 40.3 Å². The first kappa shape index (κ1) is 20.6. The van der Waals surface area contributed by atoms with Crippen molar-refractivity contribution < 1.29 is 22.7 Å². The molecule has 0 bridgehead atoms. The first-order valence-electron chi connectivity index (χ1n) is 8.43. The maximum absolute atomic E-state index is 12.7. The van der Waals surface area contributed by atoms with E-state index in [1.54, 1.807) is 48.5 Å². The number of rotatable bonds is 8. The number of nitrogens with zero attached hydrogens (tertiary/aromatic N) is 1. The lowest BCUT2D eigenvalue weighted by Crippen LogP contribution is -2.45. The second-order valence-electron chi connectivity index (χ2n) is 5.89. The van der Waals surface area contributed by atoms with E-state index >= 15 is 0 Å². The van der Waals surface area contributed by atoms with E-state index in [9.17, 15) is 13.2 Å². The molecule has 0 heterocycles. The summed E-state index contributed by atoms with van der Waals surface area (Å²) in [5.41, 5.74) is 0.875. The standard InChI is InChI=1S/C19H24N2O5S/c1-5-26-18-11-6-8-15(12-18)20-19(22)14(2)21(27(4,23)24)16-9-7-10-17(13-16)25-3/h6-14H,5H2,1-4H3,(H,20,22). The third-order valence-corrected chi connectivity index (χ3v) is 5.05. The molecular weight excluding hydrogens is 368 g/mol. The van der Waals surface area contributed by atoms with Crippen molar-refractivity contribution in [2.45, 2.75) is 19.9 Å². The van der Waals surface area contributed by atoms with Crippen molar-refractivity contribution >= 4 is 27.3 Å². The first-order valence-corrected chi connectivity index (χ1v) is 10.3. The van der Waals surface area contributed by atoms with Gasteiger partial charge in [-0.25, -0.2) is 8.42 Å². The molecule has 0 fully saturated rings. The van der Waals surface area contributed by atoms with Gasteiger partial charge in [0.05, 0.1) is 25.7 Å². The number of hydrogen-bond acceptors (Lipinski definition) is 5. The molecule has 1 atom stereocenters. The molecule has 0 aliphatic heterocycles. The van der Waals surface area contributed by atoms with Gasteiger partial charge in [-0.1, -0.05) is 12.1 Å². The van der Waals surface area contributed by atoms with Gasteiger partial charge < -0.3 is 14.8 Å². The Bertz CT molecular complexity index is 898. The molecule has 0 saturated carbocycles. The second kappa shape index (κ2) is 8.77. The zero-order chi connectivity index (χ0) is 20.0. The predicted octanol–water partition coefficient (Wildman–Crippen LogP) is 2.89. The third-order valence-electron chi connectivity index (χ3n) is 3.81. The number of amides is 1. The summed E-state index contributed by atoms with van der Waals surface area (Å²) in [6, 6.07) is 12.5. The van der Waals surface area contributed by atoms with E-state index in [1.165, 1.54) is 14.0 Å². The molecule has 1 N–H and O–H groups in total. The summed E-state index contributed by atoms with van der Waals surface area (Å²) in [7, 11) is -2.21. The second-order valence-corrected chi connectivity index (χ2v) is 7.75. The van der Waals surface area contributed by atoms with Crippen molar-refractivity contribution in [2.75, 3.05) is 29.6 Å². The van der Waals surface area contributed by atoms with Gasteiger partial charge in [-0.2, -0.15) is 0 Å². The lowest BCUT2D eigenvalue weighted by molar-refractivity contribution is -0.116. The Morgan fingerprint density at radius 2 is 1.81 bits per heavy atom. The maximum Gasteiger partial charge on any atom is 0.247 e. The van der Waals surface area contributed by atoms with Crippen molar-refractivity contribution in [3.63, 3.8) is 0 Å². The number of carbonyl (C=O) groups is 1. The highest BCUT2D eigenvalue weighted by atomic mass is 32.2. The van der Waals surface area contributed by atoms with Crippen LogP contribution >= 0.6 is 0 Å². The van der Waals surface area contributed by atoms with Gasteiger partial charge in [0.1, 0.15) is 17.5 Å². The normalized spacial score (nSPS) is 12.1. The van der Waals surface area contributed by atoms with Crippen molar-refractivity contribution in [1.29, 1.82) is 0 Å². The lowest BCUT2D eigenvalue weighted by atomic mass is 10.2. The monoisotopic (exact) mass is 392 g/mol. The Balaban J connectivity index is 2.28. The molecule has 2 aromatic carbocycles. The van der Waals surface area contributed by atoms with E-state index in [1.807, 2.05) is 6.92 Å². The van der Waals surface area contributed by atoms with E-state index in [0.717, 1.165) is 10.6 Å². The van der Waals surface area contributed by atoms with Crippen LogP contribution in [0.1, 0.15) is 13.8 Å². The molecule has 1 unspecified atom stereocenters. The number of hydrogen-bond donors (Lipinski definition) is 1. The van der Waals surface area contributed by atoms with Crippen LogP contribution in [0.5, 0.6) is 11.5 Å². The molecule has 0 aliphatic rings. The molecule has 0 aliphatic carbocycles. The smallest absolute Gasteiger partial charge is 0.247 e. The summed E-state index contributed by atoms with van der Waals surface area (Å²) in [6.45, 7) is 3.90. The number of nitrogens with one attached hydrogen (secondary N) is 1. The Morgan fingerprint density at radius 1 is 1.15 bits per heavy atom. The van der Waals surface area contributed by atoms with Gasteiger partial charge in [0.25, 0.3) is 0 Å². The molecule has 7 nitrogen and oxygen atoms in total. The highest BCUT2D eigenvalue weighted by Gasteiger charge is 2.29. The number of ether oxygens (including phenoxy) is 2. The van der Waals surface area contributed by atoms with Crippen molar-refractivity contribution in [3.05, 3.63) is 48.5 Å². The molecule has 27 heavy (non-hydrogen) atoms. The minimum atomic E-state index is -3.70. The molecule has 8 heteroatoms. The van der Waals surface area contributed by atoms with Crippen molar-refractivity contribution in [2.24, 2.45) is 0 Å². The van der Waals surface area contributed by atoms with Crippen LogP contribution in [0.2, 0.25) is 0 Å². The van der Waals surface area contributed by atoms with Crippen LogP contribution in [0.15, 0.2) is 48.5 Å². The fourth-order valence-corrected chi connectivity index (χ4v) is 3.80. The molecular formula is C19H24N2O5S. The maximum atomic E-state index is 12.7. The fraction of sp³-hybridized carbons (Fsp3) is 0.316. The van der Waals surface area contributed by atoms with Gasteiger partial charge >= 0.3 is 0 Å². The van der Waals surface area contributed by atoms with Gasteiger partial charge in [-0.3, -0.25) is 9.10 Å². The van der Waals surface area contributed by atoms with Crippen LogP contribution in [0.3, 0.4) is 0 Å². The van der Waals surface area contributed by atoms with Crippen LogP contribution in [0.4, 0.5) is 11.4 Å². The summed E-state index contributed by atoms with van der Waals surface area (Å²) in [4.78, 5) is 12.7. The average molecular weight is 392 g/mol. The zero-order valence-electron chi connectivity index (χ0n) is 15.8. The number of anilines is 2. The molecule has 146 valence electrons. The minimum absolute atomic E-state index is 0.350. The average Bonchev–Trinajstić information content (AvgIpc) is 2.61. The topological polar surface area (TPSA) is 84.9 Å². The molecule has 2 rings (SSSR count). The lowest BCUT2D eigenvalue weighted by Gasteiger charge is -2.28. The molecule has 0 radical (unpaired) electrons. The van der Waals surface area contributed by atoms with Crippen LogP contribution < -0.4 is 19.1 Å². The zero-order valence-corrected chi connectivity index (χ0v) is 16.6. The van der Waals surface area contributed by atoms with Gasteiger partial charge in [0.15, 0.2) is 0 Å². The van der Waals surface area contributed by atoms with Gasteiger partial charge in [0, 0.05) is 17.8 Å². The van der Waals surface area contributed by atoms with E-state index in [4.69, 9.17) is 9.47 Å². The van der Waals surface area contributed by atoms with E-state index in [-0.39, 0.29) is 0 Å². The van der Waals surface area contributed by atoms with E-state index in [0.29, 0.717) is 29.5 Å². The van der Waals surface area contributed by atoms with E-state index < -0.39 is 22.0 Å². The largest absolute Gasteiger partial charge is 0.497 e. The number of benzene rings is 2.